The van der Waals surface area contributed by atoms with Crippen LogP contribution in [0.4, 0.5) is 4.39 Å². The van der Waals surface area contributed by atoms with E-state index >= 15 is 0 Å². The molecule has 2 N–H and O–H groups in total. The van der Waals surface area contributed by atoms with Crippen LogP contribution in [0.3, 0.4) is 0 Å². The number of hydrogen-bond donors (Lipinski definition) is 2. The fourth-order valence-electron chi connectivity index (χ4n) is 1.60. The summed E-state index contributed by atoms with van der Waals surface area (Å²) in [4.78, 5) is 1.34. The Labute approximate surface area is 121 Å². The van der Waals surface area contributed by atoms with E-state index in [9.17, 15) is 4.39 Å². The van der Waals surface area contributed by atoms with Gasteiger partial charge in [-0.25, -0.2) is 4.39 Å². The maximum atomic E-state index is 12.7. The van der Waals surface area contributed by atoms with Crippen LogP contribution in [0.5, 0.6) is 0 Å². The molecule has 0 radical (unpaired) electrons. The molecule has 0 aliphatic rings. The summed E-state index contributed by atoms with van der Waals surface area (Å²) < 4.78 is 12.7. The van der Waals surface area contributed by atoms with Crippen LogP contribution in [0.2, 0.25) is 0 Å². The Kier molecular flexibility index (Phi) is 5.30. The van der Waals surface area contributed by atoms with Crippen LogP contribution in [0.1, 0.15) is 10.4 Å². The molecule has 1 aromatic carbocycles. The van der Waals surface area contributed by atoms with Crippen molar-refractivity contribution in [2.24, 2.45) is 0 Å². The average molecular weight is 294 g/mol. The van der Waals surface area contributed by atoms with E-state index in [0.717, 1.165) is 18.5 Å². The van der Waals surface area contributed by atoms with Crippen molar-refractivity contribution in [3.05, 3.63) is 58.0 Å². The molecule has 2 aromatic rings. The lowest BCUT2D eigenvalue weighted by Gasteiger charge is -2.10. The average Bonchev–Trinajstić information content (AvgIpc) is 2.91. The lowest BCUT2D eigenvalue weighted by Crippen LogP contribution is -2.35. The van der Waals surface area contributed by atoms with Gasteiger partial charge in [0.15, 0.2) is 5.11 Å². The first kappa shape index (κ1) is 14.0. The summed E-state index contributed by atoms with van der Waals surface area (Å²) in [5, 5.41) is 8.95. The Morgan fingerprint density at radius 2 is 1.95 bits per heavy atom. The molecule has 0 unspecified atom stereocenters. The minimum absolute atomic E-state index is 0.222. The number of hydrogen-bond acceptors (Lipinski definition) is 2. The van der Waals surface area contributed by atoms with Gasteiger partial charge in [-0.3, -0.25) is 0 Å². The second kappa shape index (κ2) is 7.21. The highest BCUT2D eigenvalue weighted by atomic mass is 32.1. The first-order valence-corrected chi connectivity index (χ1v) is 7.31. The number of nitrogens with one attached hydrogen (secondary N) is 2. The Morgan fingerprint density at radius 1 is 1.16 bits per heavy atom. The van der Waals surface area contributed by atoms with Crippen molar-refractivity contribution in [2.75, 3.05) is 6.54 Å². The van der Waals surface area contributed by atoms with Crippen LogP contribution in [-0.4, -0.2) is 11.7 Å². The zero-order valence-corrected chi connectivity index (χ0v) is 12.0. The Hall–Kier alpha value is -1.46. The minimum Gasteiger partial charge on any atom is -0.362 e. The highest BCUT2D eigenvalue weighted by Crippen LogP contribution is 2.08. The molecular weight excluding hydrogens is 279 g/mol. The quantitative estimate of drug-likeness (QED) is 0.829. The molecule has 0 aliphatic heterocycles. The van der Waals surface area contributed by atoms with Crippen molar-refractivity contribution in [3.8, 4) is 0 Å². The van der Waals surface area contributed by atoms with Gasteiger partial charge in [-0.2, -0.15) is 0 Å². The molecule has 0 saturated heterocycles. The lowest BCUT2D eigenvalue weighted by molar-refractivity contribution is 0.626. The summed E-state index contributed by atoms with van der Waals surface area (Å²) >= 11 is 6.93. The normalized spacial score (nSPS) is 10.2. The predicted octanol–water partition coefficient (Wildman–Crippen LogP) is 3.09. The molecule has 1 heterocycles. The second-order valence-corrected chi connectivity index (χ2v) is 5.51. The van der Waals surface area contributed by atoms with E-state index in [1.807, 2.05) is 6.07 Å². The van der Waals surface area contributed by atoms with Gasteiger partial charge in [0.2, 0.25) is 0 Å². The molecule has 2 nitrogen and oxygen atoms in total. The molecule has 0 bridgehead atoms. The molecule has 0 aliphatic carbocycles. The Morgan fingerprint density at radius 3 is 2.63 bits per heavy atom. The van der Waals surface area contributed by atoms with Crippen molar-refractivity contribution in [1.82, 2.24) is 10.6 Å². The van der Waals surface area contributed by atoms with Gasteiger partial charge < -0.3 is 10.6 Å². The van der Waals surface area contributed by atoms with Crippen LogP contribution in [0, 0.1) is 5.82 Å². The van der Waals surface area contributed by atoms with E-state index in [-0.39, 0.29) is 5.82 Å². The van der Waals surface area contributed by atoms with E-state index < -0.39 is 0 Å². The van der Waals surface area contributed by atoms with E-state index in [0.29, 0.717) is 11.7 Å². The van der Waals surface area contributed by atoms with Crippen LogP contribution < -0.4 is 10.6 Å². The maximum absolute atomic E-state index is 12.7. The molecule has 2 rings (SSSR count). The van der Waals surface area contributed by atoms with Crippen molar-refractivity contribution in [3.63, 3.8) is 0 Å². The van der Waals surface area contributed by atoms with Gasteiger partial charge in [-0.15, -0.1) is 11.3 Å². The van der Waals surface area contributed by atoms with E-state index in [4.69, 9.17) is 12.2 Å². The van der Waals surface area contributed by atoms with Gasteiger partial charge in [0.05, 0.1) is 0 Å². The molecule has 100 valence electrons. The third kappa shape index (κ3) is 4.96. The fourth-order valence-corrected chi connectivity index (χ4v) is 2.48. The standard InChI is InChI=1S/C14H15FN2S2/c15-12-5-3-11(4-6-12)10-17-14(18)16-8-7-13-2-1-9-19-13/h1-6,9H,7-8,10H2,(H2,16,17,18). The van der Waals surface area contributed by atoms with Gasteiger partial charge in [0, 0.05) is 18.0 Å². The van der Waals surface area contributed by atoms with Crippen LogP contribution >= 0.6 is 23.6 Å². The van der Waals surface area contributed by atoms with Gasteiger partial charge in [-0.1, -0.05) is 18.2 Å². The maximum Gasteiger partial charge on any atom is 0.166 e. The molecule has 0 amide bonds. The van der Waals surface area contributed by atoms with Crippen molar-refractivity contribution in [2.45, 2.75) is 13.0 Å². The van der Waals surface area contributed by atoms with E-state index in [1.54, 1.807) is 23.5 Å². The zero-order valence-electron chi connectivity index (χ0n) is 10.4. The number of thiophene rings is 1. The third-order valence-electron chi connectivity index (χ3n) is 2.60. The topological polar surface area (TPSA) is 24.1 Å². The summed E-state index contributed by atoms with van der Waals surface area (Å²) in [6, 6.07) is 10.5. The van der Waals surface area contributed by atoms with E-state index in [1.165, 1.54) is 17.0 Å². The third-order valence-corrected chi connectivity index (χ3v) is 3.83. The Balaban J connectivity index is 1.65. The van der Waals surface area contributed by atoms with Gasteiger partial charge >= 0.3 is 0 Å². The summed E-state index contributed by atoms with van der Waals surface area (Å²) in [6.07, 6.45) is 0.968. The molecule has 0 fully saturated rings. The van der Waals surface area contributed by atoms with Crippen molar-refractivity contribution < 1.29 is 4.39 Å². The predicted molar refractivity (Wildman–Crippen MR) is 81.9 cm³/mol. The van der Waals surface area contributed by atoms with E-state index in [2.05, 4.69) is 22.1 Å². The number of thiocarbonyl (C=S) groups is 1. The van der Waals surface area contributed by atoms with Gasteiger partial charge in [0.1, 0.15) is 5.82 Å². The number of benzene rings is 1. The highest BCUT2D eigenvalue weighted by Gasteiger charge is 1.98. The molecule has 19 heavy (non-hydrogen) atoms. The smallest absolute Gasteiger partial charge is 0.166 e. The second-order valence-electron chi connectivity index (χ2n) is 4.07. The molecule has 0 saturated carbocycles. The van der Waals surface area contributed by atoms with Gasteiger partial charge in [0.25, 0.3) is 0 Å². The van der Waals surface area contributed by atoms with Crippen molar-refractivity contribution in [1.29, 1.82) is 0 Å². The summed E-state index contributed by atoms with van der Waals surface area (Å²) in [5.41, 5.74) is 1.00. The molecule has 0 atom stereocenters. The summed E-state index contributed by atoms with van der Waals surface area (Å²) in [7, 11) is 0. The first-order chi connectivity index (χ1) is 9.24. The molecule has 0 spiro atoms. The number of rotatable bonds is 5. The fraction of sp³-hybridized carbons (Fsp3) is 0.214. The molecular formula is C14H15FN2S2. The van der Waals surface area contributed by atoms with Crippen LogP contribution in [0.25, 0.3) is 0 Å². The lowest BCUT2D eigenvalue weighted by atomic mass is 10.2. The summed E-state index contributed by atoms with van der Waals surface area (Å²) in [5.74, 6) is -0.222. The SMILES string of the molecule is Fc1ccc(CNC(=S)NCCc2cccs2)cc1. The first-order valence-electron chi connectivity index (χ1n) is 6.02. The molecule has 1 aromatic heterocycles. The largest absolute Gasteiger partial charge is 0.362 e. The molecule has 5 heteroatoms. The highest BCUT2D eigenvalue weighted by molar-refractivity contribution is 7.80. The number of halogens is 1. The summed E-state index contributed by atoms with van der Waals surface area (Å²) in [6.45, 7) is 1.42. The van der Waals surface area contributed by atoms with Crippen LogP contribution in [0.15, 0.2) is 41.8 Å². The van der Waals surface area contributed by atoms with Crippen molar-refractivity contribution >= 4 is 28.7 Å². The van der Waals surface area contributed by atoms with Crippen LogP contribution in [-0.2, 0) is 13.0 Å². The Bertz CT molecular complexity index is 509. The zero-order chi connectivity index (χ0) is 13.5. The van der Waals surface area contributed by atoms with Gasteiger partial charge in [-0.05, 0) is 47.8 Å². The minimum atomic E-state index is -0.222. The monoisotopic (exact) mass is 294 g/mol.